The number of H-pyrrole nitrogens is 1. The highest BCUT2D eigenvalue weighted by Crippen LogP contribution is 2.33. The molecule has 0 spiro atoms. The molecule has 0 unspecified atom stereocenters. The van der Waals surface area contributed by atoms with Crippen LogP contribution in [0.4, 0.5) is 11.5 Å². The van der Waals surface area contributed by atoms with Gasteiger partial charge in [0, 0.05) is 29.0 Å². The highest BCUT2D eigenvalue weighted by atomic mass is 15.0. The number of hydrogen-bond donors (Lipinski definition) is 3. The molecular weight excluding hydrogens is 442 g/mol. The van der Waals surface area contributed by atoms with E-state index in [2.05, 4.69) is 78.5 Å². The Morgan fingerprint density at radius 3 is 2.42 bits per heavy atom. The number of nitrogens with zero attached hydrogens (tertiary/aromatic N) is 2. The Balaban J connectivity index is 1.56. The predicted molar refractivity (Wildman–Crippen MR) is 153 cm³/mol. The van der Waals surface area contributed by atoms with Gasteiger partial charge in [0.05, 0.1) is 5.52 Å². The largest absolute Gasteiger partial charge is 0.339 e. The molecule has 4 N–H and O–H groups in total. The van der Waals surface area contributed by atoms with E-state index in [-0.39, 0.29) is 0 Å². The predicted octanol–water partition coefficient (Wildman–Crippen LogP) is 7.80. The molecule has 5 heteroatoms. The number of unbranched alkanes of at least 4 members (excludes halogenated alkanes) is 4. The third-order valence-electron chi connectivity index (χ3n) is 6.65. The highest BCUT2D eigenvalue weighted by molar-refractivity contribution is 6.07. The fourth-order valence-corrected chi connectivity index (χ4v) is 4.75. The second-order valence-electron chi connectivity index (χ2n) is 9.55. The van der Waals surface area contributed by atoms with Crippen LogP contribution in [-0.2, 0) is 0 Å². The number of aromatic amines is 1. The van der Waals surface area contributed by atoms with E-state index in [1.807, 2.05) is 6.07 Å². The summed E-state index contributed by atoms with van der Waals surface area (Å²) in [6, 6.07) is 16.5. The summed E-state index contributed by atoms with van der Waals surface area (Å²) in [6.45, 7) is 5.27. The van der Waals surface area contributed by atoms with Crippen molar-refractivity contribution in [1.29, 1.82) is 0 Å². The molecule has 0 radical (unpaired) electrons. The standard InChI is InChI=1S/C31H39N5/c1-3-13-24(14-4-2)30-35-28-26-16-10-11-17-27(26)34-31(29(28)36-30)33-25-20-18-23(19-21-25)15-9-7-5-6-8-12-22-32/h10-11,16-21,24H,3-8,12-14,22,32H2,1-2H3,(H,33,34)(H,35,36). The number of para-hydroxylation sites is 1. The number of benzene rings is 2. The number of imidazole rings is 1. The zero-order valence-electron chi connectivity index (χ0n) is 21.7. The lowest BCUT2D eigenvalue weighted by Gasteiger charge is -2.11. The van der Waals surface area contributed by atoms with Gasteiger partial charge in [-0.15, -0.1) is 0 Å². The van der Waals surface area contributed by atoms with E-state index in [0.29, 0.717) is 5.92 Å². The molecule has 2 heterocycles. The van der Waals surface area contributed by atoms with Crippen molar-refractivity contribution in [2.45, 2.75) is 77.6 Å². The summed E-state index contributed by atoms with van der Waals surface area (Å²) in [5.74, 6) is 8.91. The van der Waals surface area contributed by atoms with Crippen LogP contribution in [0, 0.1) is 11.8 Å². The molecule has 0 amide bonds. The van der Waals surface area contributed by atoms with E-state index in [4.69, 9.17) is 15.7 Å². The van der Waals surface area contributed by atoms with Crippen LogP contribution in [0.1, 0.15) is 88.9 Å². The van der Waals surface area contributed by atoms with E-state index < -0.39 is 0 Å². The lowest BCUT2D eigenvalue weighted by atomic mass is 9.98. The van der Waals surface area contributed by atoms with Crippen molar-refractivity contribution in [3.8, 4) is 11.8 Å². The zero-order chi connectivity index (χ0) is 25.2. The van der Waals surface area contributed by atoms with Crippen LogP contribution in [0.5, 0.6) is 0 Å². The molecule has 0 aliphatic carbocycles. The minimum Gasteiger partial charge on any atom is -0.339 e. The molecule has 2 aromatic heterocycles. The number of pyridine rings is 1. The summed E-state index contributed by atoms with van der Waals surface area (Å²) in [4.78, 5) is 13.7. The summed E-state index contributed by atoms with van der Waals surface area (Å²) in [5, 5.41) is 4.62. The number of nitrogens with one attached hydrogen (secondary N) is 2. The Morgan fingerprint density at radius 1 is 0.917 bits per heavy atom. The lowest BCUT2D eigenvalue weighted by molar-refractivity contribution is 0.539. The first kappa shape index (κ1) is 25.7. The minimum absolute atomic E-state index is 0.442. The van der Waals surface area contributed by atoms with Crippen molar-refractivity contribution >= 4 is 33.4 Å². The summed E-state index contributed by atoms with van der Waals surface area (Å²) < 4.78 is 0. The van der Waals surface area contributed by atoms with Crippen LogP contribution in [-0.4, -0.2) is 21.5 Å². The van der Waals surface area contributed by atoms with Crippen molar-refractivity contribution in [2.75, 3.05) is 11.9 Å². The number of rotatable bonds is 12. The maximum Gasteiger partial charge on any atom is 0.157 e. The Labute approximate surface area is 215 Å². The zero-order valence-corrected chi connectivity index (χ0v) is 21.7. The number of aromatic nitrogens is 3. The fourth-order valence-electron chi connectivity index (χ4n) is 4.75. The van der Waals surface area contributed by atoms with Crippen LogP contribution in [0.15, 0.2) is 48.5 Å². The maximum absolute atomic E-state index is 5.55. The average Bonchev–Trinajstić information content (AvgIpc) is 3.35. The topological polar surface area (TPSA) is 79.6 Å². The van der Waals surface area contributed by atoms with Crippen LogP contribution < -0.4 is 11.1 Å². The minimum atomic E-state index is 0.442. The summed E-state index contributed by atoms with van der Waals surface area (Å²) in [6.07, 6.45) is 10.2. The van der Waals surface area contributed by atoms with Gasteiger partial charge >= 0.3 is 0 Å². The van der Waals surface area contributed by atoms with Gasteiger partial charge < -0.3 is 16.0 Å². The molecule has 0 saturated carbocycles. The smallest absolute Gasteiger partial charge is 0.157 e. The first-order chi connectivity index (χ1) is 17.7. The highest BCUT2D eigenvalue weighted by Gasteiger charge is 2.18. The first-order valence-electron chi connectivity index (χ1n) is 13.6. The van der Waals surface area contributed by atoms with Crippen molar-refractivity contribution in [3.63, 3.8) is 0 Å². The second-order valence-corrected chi connectivity index (χ2v) is 9.55. The van der Waals surface area contributed by atoms with Gasteiger partial charge in [0.1, 0.15) is 16.9 Å². The molecule has 0 saturated heterocycles. The van der Waals surface area contributed by atoms with Crippen molar-refractivity contribution in [1.82, 2.24) is 15.0 Å². The molecule has 4 rings (SSSR count). The molecule has 0 bridgehead atoms. The Bertz CT molecular complexity index is 1300. The Kier molecular flexibility index (Phi) is 9.35. The summed E-state index contributed by atoms with van der Waals surface area (Å²) in [5.41, 5.74) is 10.5. The molecule has 0 aliphatic heterocycles. The molecule has 2 aromatic carbocycles. The van der Waals surface area contributed by atoms with E-state index >= 15 is 0 Å². The van der Waals surface area contributed by atoms with Crippen molar-refractivity contribution in [2.24, 2.45) is 5.73 Å². The molecule has 0 fully saturated rings. The molecular formula is C31H39N5. The quantitative estimate of drug-likeness (QED) is 0.142. The van der Waals surface area contributed by atoms with Crippen LogP contribution in [0.25, 0.3) is 21.9 Å². The van der Waals surface area contributed by atoms with E-state index in [1.165, 1.54) is 12.8 Å². The van der Waals surface area contributed by atoms with Gasteiger partial charge in [-0.3, -0.25) is 0 Å². The molecule has 0 aliphatic rings. The number of hydrogen-bond acceptors (Lipinski definition) is 4. The molecule has 5 nitrogen and oxygen atoms in total. The third-order valence-corrected chi connectivity index (χ3v) is 6.65. The van der Waals surface area contributed by atoms with Gasteiger partial charge in [0.2, 0.25) is 0 Å². The molecule has 188 valence electrons. The van der Waals surface area contributed by atoms with Crippen LogP contribution in [0.2, 0.25) is 0 Å². The second kappa shape index (κ2) is 13.1. The maximum atomic E-state index is 5.55. The molecule has 36 heavy (non-hydrogen) atoms. The van der Waals surface area contributed by atoms with Gasteiger partial charge in [0.15, 0.2) is 5.82 Å². The Hall–Kier alpha value is -3.36. The molecule has 4 aromatic rings. The summed E-state index contributed by atoms with van der Waals surface area (Å²) >= 11 is 0. The van der Waals surface area contributed by atoms with Gasteiger partial charge in [-0.1, -0.05) is 69.6 Å². The van der Waals surface area contributed by atoms with E-state index in [0.717, 1.165) is 96.3 Å². The van der Waals surface area contributed by atoms with Crippen LogP contribution >= 0.6 is 0 Å². The van der Waals surface area contributed by atoms with Crippen molar-refractivity contribution < 1.29 is 0 Å². The number of nitrogens with two attached hydrogens (primary N) is 1. The SMILES string of the molecule is CCCC(CCC)c1nc2c([nH]1)c(Nc1ccc(C#CCCCCCCN)cc1)nc1ccccc12. The third kappa shape index (κ3) is 6.44. The van der Waals surface area contributed by atoms with E-state index in [1.54, 1.807) is 0 Å². The fraction of sp³-hybridized carbons (Fsp3) is 0.419. The number of anilines is 2. The molecule has 0 atom stereocenters. The monoisotopic (exact) mass is 481 g/mol. The van der Waals surface area contributed by atoms with Gasteiger partial charge in [0.25, 0.3) is 0 Å². The Morgan fingerprint density at radius 2 is 1.67 bits per heavy atom. The van der Waals surface area contributed by atoms with Gasteiger partial charge in [-0.05, 0) is 62.6 Å². The van der Waals surface area contributed by atoms with Gasteiger partial charge in [-0.2, -0.15) is 0 Å². The summed E-state index contributed by atoms with van der Waals surface area (Å²) in [7, 11) is 0. The lowest BCUT2D eigenvalue weighted by Crippen LogP contribution is -2.00. The van der Waals surface area contributed by atoms with Crippen LogP contribution in [0.3, 0.4) is 0 Å². The number of fused-ring (bicyclic) bond motifs is 3. The van der Waals surface area contributed by atoms with E-state index in [9.17, 15) is 0 Å². The average molecular weight is 482 g/mol. The van der Waals surface area contributed by atoms with Crippen molar-refractivity contribution in [3.05, 3.63) is 59.9 Å². The first-order valence-corrected chi connectivity index (χ1v) is 13.6. The normalized spacial score (nSPS) is 11.2. The van der Waals surface area contributed by atoms with Gasteiger partial charge in [-0.25, -0.2) is 9.97 Å².